The second-order valence-corrected chi connectivity index (χ2v) is 12.1. The second kappa shape index (κ2) is 25.4. The zero-order chi connectivity index (χ0) is 27.2. The van der Waals surface area contributed by atoms with Crippen molar-refractivity contribution in [2.24, 2.45) is 16.7 Å². The van der Waals surface area contributed by atoms with Crippen LogP contribution >= 0.6 is 0 Å². The molecule has 6 nitrogen and oxygen atoms in total. The average molecular weight is 629 g/mol. The summed E-state index contributed by atoms with van der Waals surface area (Å²) >= 11 is 0. The van der Waals surface area contributed by atoms with Crippen LogP contribution in [0.4, 0.5) is 0 Å². The van der Waals surface area contributed by atoms with Gasteiger partial charge in [0.05, 0.1) is 0 Å². The Hall–Kier alpha value is -0.213. The van der Waals surface area contributed by atoms with Crippen LogP contribution < -0.4 is 0 Å². The Kier molecular flexibility index (Phi) is 30.4. The van der Waals surface area contributed by atoms with Crippen molar-refractivity contribution in [3.8, 4) is 0 Å². The molecule has 0 rings (SSSR count). The molecule has 0 saturated heterocycles. The molecule has 0 aromatic heterocycles. The Balaban J connectivity index is -0.000000204. The second-order valence-electron chi connectivity index (χ2n) is 12.1. The van der Waals surface area contributed by atoms with Crippen molar-refractivity contribution in [3.05, 3.63) is 0 Å². The number of carboxylic acids is 3. The van der Waals surface area contributed by atoms with Gasteiger partial charge in [-0.2, -0.15) is 0 Å². The van der Waals surface area contributed by atoms with Gasteiger partial charge in [-0.05, 0) is 48.9 Å². The summed E-state index contributed by atoms with van der Waals surface area (Å²) in [5.41, 5.74) is 0.784. The minimum atomic E-state index is -0.677. The van der Waals surface area contributed by atoms with E-state index in [4.69, 9.17) is 15.3 Å². The maximum atomic E-state index is 10.2. The molecule has 0 atom stereocenters. The van der Waals surface area contributed by atoms with E-state index in [-0.39, 0.29) is 41.7 Å². The van der Waals surface area contributed by atoms with E-state index in [9.17, 15) is 14.4 Å². The summed E-state index contributed by atoms with van der Waals surface area (Å²) in [5, 5.41) is 25.0. The van der Waals surface area contributed by atoms with Crippen LogP contribution in [0, 0.1) is 58.5 Å². The van der Waals surface area contributed by atoms with E-state index in [1.54, 1.807) is 0 Å². The topological polar surface area (TPSA) is 112 Å². The number of rotatable bonds is 15. The zero-order valence-corrected chi connectivity index (χ0v) is 27.2. The first-order valence-corrected chi connectivity index (χ1v) is 13.1. The third-order valence-electron chi connectivity index (χ3n) is 5.06. The van der Waals surface area contributed by atoms with Crippen LogP contribution in [-0.4, -0.2) is 33.2 Å². The van der Waals surface area contributed by atoms with Crippen LogP contribution in [0.25, 0.3) is 0 Å². The van der Waals surface area contributed by atoms with E-state index < -0.39 is 17.9 Å². The smallest absolute Gasteiger partial charge is 0.303 e. The average Bonchev–Trinajstić information content (AvgIpc) is 2.63. The molecule has 0 bridgehead atoms. The quantitative estimate of drug-likeness (QED) is 0.157. The molecule has 0 spiro atoms. The SMILES string of the molecule is CC(C)(C)CCCCCC(=O)O.CC(C)(C)CCCCCC(=O)O.CC(C)CCCCC(=O)O.[Ce]. The van der Waals surface area contributed by atoms with Gasteiger partial charge in [0, 0.05) is 61.0 Å². The first-order chi connectivity index (χ1) is 15.5. The van der Waals surface area contributed by atoms with Crippen molar-refractivity contribution in [1.82, 2.24) is 0 Å². The molecule has 0 fully saturated rings. The van der Waals surface area contributed by atoms with E-state index in [1.165, 1.54) is 12.8 Å². The van der Waals surface area contributed by atoms with E-state index in [2.05, 4.69) is 55.4 Å². The minimum absolute atomic E-state index is 0. The van der Waals surface area contributed by atoms with E-state index >= 15 is 0 Å². The number of carboxylic acid groups (broad SMARTS) is 3. The zero-order valence-electron chi connectivity index (χ0n) is 24.0. The van der Waals surface area contributed by atoms with Crippen molar-refractivity contribution in [3.63, 3.8) is 0 Å². The maximum absolute atomic E-state index is 10.2. The number of hydrogen-bond acceptors (Lipinski definition) is 3. The number of hydrogen-bond donors (Lipinski definition) is 3. The fraction of sp³-hybridized carbons (Fsp3) is 0.893. The molecular formula is C28H56CeO6. The monoisotopic (exact) mass is 628 g/mol. The van der Waals surface area contributed by atoms with Crippen LogP contribution in [0.2, 0.25) is 0 Å². The van der Waals surface area contributed by atoms with Crippen LogP contribution in [0.1, 0.15) is 145 Å². The van der Waals surface area contributed by atoms with Crippen molar-refractivity contribution in [2.45, 2.75) is 145 Å². The summed E-state index contributed by atoms with van der Waals surface area (Å²) in [4.78, 5) is 30.4. The predicted octanol–water partition coefficient (Wildman–Crippen LogP) is 8.42. The summed E-state index contributed by atoms with van der Waals surface area (Å²) in [5.74, 6) is -1.32. The number of carbonyl (C=O) groups is 3. The van der Waals surface area contributed by atoms with E-state index in [1.807, 2.05) is 0 Å². The molecule has 0 aliphatic carbocycles. The predicted molar refractivity (Wildman–Crippen MR) is 141 cm³/mol. The Morgan fingerprint density at radius 2 is 0.829 bits per heavy atom. The molecule has 0 unspecified atom stereocenters. The first-order valence-electron chi connectivity index (χ1n) is 13.1. The molecule has 0 aliphatic rings. The Bertz CT molecular complexity index is 485. The summed E-state index contributed by atoms with van der Waals surface area (Å²) in [6, 6.07) is 0. The molecule has 3 N–H and O–H groups in total. The summed E-state index contributed by atoms with van der Waals surface area (Å²) in [7, 11) is 0. The van der Waals surface area contributed by atoms with Crippen molar-refractivity contribution < 1.29 is 71.5 Å². The summed E-state index contributed by atoms with van der Waals surface area (Å²) < 4.78 is 0. The van der Waals surface area contributed by atoms with Crippen molar-refractivity contribution in [1.29, 1.82) is 0 Å². The molecule has 0 heterocycles. The van der Waals surface area contributed by atoms with Crippen LogP contribution in [0.5, 0.6) is 0 Å². The molecule has 7 heteroatoms. The third kappa shape index (κ3) is 55.6. The van der Waals surface area contributed by atoms with Crippen LogP contribution in [0.15, 0.2) is 0 Å². The van der Waals surface area contributed by atoms with Crippen LogP contribution in [0.3, 0.4) is 0 Å². The Morgan fingerprint density at radius 3 is 1.06 bits per heavy atom. The fourth-order valence-corrected chi connectivity index (χ4v) is 3.05. The van der Waals surface area contributed by atoms with Gasteiger partial charge in [0.15, 0.2) is 0 Å². The van der Waals surface area contributed by atoms with Gasteiger partial charge in [-0.25, -0.2) is 0 Å². The van der Waals surface area contributed by atoms with Crippen molar-refractivity contribution in [2.75, 3.05) is 0 Å². The summed E-state index contributed by atoms with van der Waals surface area (Å²) in [6.45, 7) is 17.6. The summed E-state index contributed by atoms with van der Waals surface area (Å²) in [6.07, 6.45) is 12.4. The molecule has 0 amide bonds. The normalized spacial score (nSPS) is 10.9. The molecule has 0 saturated carbocycles. The first kappa shape index (κ1) is 41.9. The van der Waals surface area contributed by atoms with Crippen LogP contribution in [-0.2, 0) is 14.4 Å². The molecule has 0 radical (unpaired) electrons. The third-order valence-corrected chi connectivity index (χ3v) is 5.06. The molecule has 35 heavy (non-hydrogen) atoms. The molecular weight excluding hydrogens is 572 g/mol. The Morgan fingerprint density at radius 1 is 0.543 bits per heavy atom. The number of aliphatic carboxylic acids is 3. The van der Waals surface area contributed by atoms with Gasteiger partial charge in [0.2, 0.25) is 0 Å². The molecule has 0 aromatic rings. The van der Waals surface area contributed by atoms with Gasteiger partial charge in [-0.15, -0.1) is 0 Å². The number of unbranched alkanes of at least 4 members (excludes halogenated alkanes) is 5. The van der Waals surface area contributed by atoms with E-state index in [0.717, 1.165) is 57.8 Å². The largest absolute Gasteiger partial charge is 0.481 e. The van der Waals surface area contributed by atoms with Gasteiger partial charge in [0.25, 0.3) is 0 Å². The van der Waals surface area contributed by atoms with E-state index in [0.29, 0.717) is 36.0 Å². The van der Waals surface area contributed by atoms with Gasteiger partial charge >= 0.3 is 17.9 Å². The maximum Gasteiger partial charge on any atom is 0.303 e. The van der Waals surface area contributed by atoms with Gasteiger partial charge < -0.3 is 15.3 Å². The molecule has 208 valence electrons. The van der Waals surface area contributed by atoms with Gasteiger partial charge in [-0.1, -0.05) is 93.9 Å². The standard InChI is InChI=1S/2C10H20O2.C8H16O2.Ce/c2*1-10(2,3)8-6-4-5-7-9(11)12;1-7(2)5-3-4-6-8(9)10;/h2*4-8H2,1-3H3,(H,11,12);7H,3-6H2,1-2H3,(H,9,10);. The van der Waals surface area contributed by atoms with Gasteiger partial charge in [0.1, 0.15) is 0 Å². The molecule has 0 aromatic carbocycles. The van der Waals surface area contributed by atoms with Gasteiger partial charge in [-0.3, -0.25) is 14.4 Å². The fourth-order valence-electron chi connectivity index (χ4n) is 3.05. The minimum Gasteiger partial charge on any atom is -0.481 e. The molecule has 0 aliphatic heterocycles. The Labute approximate surface area is 249 Å². The van der Waals surface area contributed by atoms with Crippen molar-refractivity contribution >= 4 is 17.9 Å².